The van der Waals surface area contributed by atoms with Crippen LogP contribution in [-0.2, 0) is 13.2 Å². The number of aromatic carboxylic acids is 1. The fourth-order valence-electron chi connectivity index (χ4n) is 3.65. The summed E-state index contributed by atoms with van der Waals surface area (Å²) in [5.74, 6) is -0.688. The molecular weight excluding hydrogens is 364 g/mol. The first kappa shape index (κ1) is 18.7. The molecule has 0 bridgehead atoms. The number of aliphatic hydroxyl groups is 1. The van der Waals surface area contributed by atoms with Crippen LogP contribution in [0.2, 0.25) is 0 Å². The SMILES string of the molecule is O=C(O)c1c(CO)c(OCc2ccccc2)c2ccccc2c1-c1ccccc1. The lowest BCUT2D eigenvalue weighted by Gasteiger charge is -2.20. The average Bonchev–Trinajstić information content (AvgIpc) is 2.77. The van der Waals surface area contributed by atoms with Gasteiger partial charge in [0.2, 0.25) is 0 Å². The summed E-state index contributed by atoms with van der Waals surface area (Å²) in [7, 11) is 0. The number of carbonyl (C=O) groups is 1. The number of carboxylic acids is 1. The summed E-state index contributed by atoms with van der Waals surface area (Å²) in [5, 5.41) is 21.7. The molecular formula is C25H20O4. The molecule has 4 nitrogen and oxygen atoms in total. The van der Waals surface area contributed by atoms with Gasteiger partial charge in [-0.15, -0.1) is 0 Å². The predicted molar refractivity (Wildman–Crippen MR) is 113 cm³/mol. The molecule has 4 aromatic carbocycles. The lowest BCUT2D eigenvalue weighted by molar-refractivity contribution is 0.0693. The van der Waals surface area contributed by atoms with Gasteiger partial charge in [-0.25, -0.2) is 4.79 Å². The largest absolute Gasteiger partial charge is 0.488 e. The van der Waals surface area contributed by atoms with E-state index >= 15 is 0 Å². The van der Waals surface area contributed by atoms with E-state index in [0.717, 1.165) is 21.9 Å². The van der Waals surface area contributed by atoms with Crippen LogP contribution in [0.5, 0.6) is 5.75 Å². The van der Waals surface area contributed by atoms with Gasteiger partial charge in [0.25, 0.3) is 0 Å². The number of ether oxygens (including phenoxy) is 1. The minimum absolute atomic E-state index is 0.0699. The Bertz CT molecular complexity index is 1150. The molecule has 0 saturated heterocycles. The van der Waals surface area contributed by atoms with Gasteiger partial charge in [-0.1, -0.05) is 84.9 Å². The lowest BCUT2D eigenvalue weighted by atomic mass is 9.89. The maximum absolute atomic E-state index is 12.3. The lowest BCUT2D eigenvalue weighted by Crippen LogP contribution is -2.10. The van der Waals surface area contributed by atoms with Crippen molar-refractivity contribution in [2.45, 2.75) is 13.2 Å². The third-order valence-electron chi connectivity index (χ3n) is 4.93. The smallest absolute Gasteiger partial charge is 0.336 e. The van der Waals surface area contributed by atoms with E-state index in [2.05, 4.69) is 0 Å². The second kappa shape index (κ2) is 8.17. The van der Waals surface area contributed by atoms with Crippen LogP contribution in [0, 0.1) is 0 Å². The van der Waals surface area contributed by atoms with Crippen molar-refractivity contribution >= 4 is 16.7 Å². The molecule has 0 aliphatic rings. The highest BCUT2D eigenvalue weighted by Gasteiger charge is 2.25. The van der Waals surface area contributed by atoms with Crippen molar-refractivity contribution in [1.29, 1.82) is 0 Å². The summed E-state index contributed by atoms with van der Waals surface area (Å²) in [6.45, 7) is -0.155. The van der Waals surface area contributed by atoms with E-state index in [4.69, 9.17) is 4.74 Å². The molecule has 0 aliphatic heterocycles. The van der Waals surface area contributed by atoms with E-state index in [9.17, 15) is 15.0 Å². The number of hydrogen-bond donors (Lipinski definition) is 2. The van der Waals surface area contributed by atoms with E-state index in [-0.39, 0.29) is 17.7 Å². The van der Waals surface area contributed by atoms with Gasteiger partial charge in [0.05, 0.1) is 12.2 Å². The van der Waals surface area contributed by atoms with Gasteiger partial charge in [0.15, 0.2) is 0 Å². The summed E-state index contributed by atoms with van der Waals surface area (Å²) in [4.78, 5) is 12.3. The van der Waals surface area contributed by atoms with Crippen molar-refractivity contribution in [3.8, 4) is 16.9 Å². The Balaban J connectivity index is 1.98. The second-order valence-corrected chi connectivity index (χ2v) is 6.71. The van der Waals surface area contributed by atoms with Gasteiger partial charge in [0, 0.05) is 16.5 Å². The van der Waals surface area contributed by atoms with Gasteiger partial charge in [0.1, 0.15) is 12.4 Å². The number of rotatable bonds is 6. The van der Waals surface area contributed by atoms with Crippen molar-refractivity contribution < 1.29 is 19.7 Å². The molecule has 0 amide bonds. The van der Waals surface area contributed by atoms with Crippen molar-refractivity contribution in [3.05, 3.63) is 102 Å². The molecule has 0 spiro atoms. The second-order valence-electron chi connectivity index (χ2n) is 6.71. The van der Waals surface area contributed by atoms with Crippen LogP contribution in [0.15, 0.2) is 84.9 Å². The maximum Gasteiger partial charge on any atom is 0.336 e. The predicted octanol–water partition coefficient (Wildman–Crippen LogP) is 5.28. The van der Waals surface area contributed by atoms with Gasteiger partial charge in [-0.3, -0.25) is 0 Å². The highest BCUT2D eigenvalue weighted by atomic mass is 16.5. The molecule has 4 rings (SSSR count). The monoisotopic (exact) mass is 384 g/mol. The summed E-state index contributed by atoms with van der Waals surface area (Å²) in [5.41, 5.74) is 2.69. The summed E-state index contributed by atoms with van der Waals surface area (Å²) < 4.78 is 6.09. The van der Waals surface area contributed by atoms with Crippen LogP contribution in [0.1, 0.15) is 21.5 Å². The van der Waals surface area contributed by atoms with Crippen molar-refractivity contribution in [2.24, 2.45) is 0 Å². The third kappa shape index (κ3) is 3.58. The highest BCUT2D eigenvalue weighted by molar-refractivity contribution is 6.11. The Morgan fingerprint density at radius 2 is 1.38 bits per heavy atom. The summed E-state index contributed by atoms with van der Waals surface area (Å²) in [6, 6.07) is 26.6. The molecule has 4 aromatic rings. The molecule has 144 valence electrons. The molecule has 0 unspecified atom stereocenters. The summed E-state index contributed by atoms with van der Waals surface area (Å²) >= 11 is 0. The minimum atomic E-state index is -1.09. The standard InChI is InChI=1S/C25H20O4/c26-15-21-23(25(27)28)22(18-11-5-2-6-12-18)19-13-7-8-14-20(19)24(21)29-16-17-9-3-1-4-10-17/h1-14,26H,15-16H2,(H,27,28). The minimum Gasteiger partial charge on any atom is -0.488 e. The van der Waals surface area contributed by atoms with Crippen LogP contribution in [0.4, 0.5) is 0 Å². The van der Waals surface area contributed by atoms with Crippen molar-refractivity contribution in [3.63, 3.8) is 0 Å². The van der Waals surface area contributed by atoms with Gasteiger partial charge < -0.3 is 14.9 Å². The quantitative estimate of drug-likeness (QED) is 0.475. The van der Waals surface area contributed by atoms with E-state index in [1.54, 1.807) is 0 Å². The van der Waals surface area contributed by atoms with Crippen LogP contribution >= 0.6 is 0 Å². The van der Waals surface area contributed by atoms with Crippen LogP contribution in [0.3, 0.4) is 0 Å². The first-order valence-corrected chi connectivity index (χ1v) is 9.34. The fraction of sp³-hybridized carbons (Fsp3) is 0.0800. The molecule has 0 radical (unpaired) electrons. The molecule has 2 N–H and O–H groups in total. The van der Waals surface area contributed by atoms with Gasteiger partial charge in [-0.05, 0) is 16.5 Å². The maximum atomic E-state index is 12.3. The van der Waals surface area contributed by atoms with E-state index < -0.39 is 12.6 Å². The first-order chi connectivity index (χ1) is 14.2. The van der Waals surface area contributed by atoms with Gasteiger partial charge in [-0.2, -0.15) is 0 Å². The number of benzene rings is 4. The number of fused-ring (bicyclic) bond motifs is 1. The number of carboxylic acid groups (broad SMARTS) is 1. The van der Waals surface area contributed by atoms with Crippen LogP contribution in [0.25, 0.3) is 21.9 Å². The molecule has 0 heterocycles. The zero-order chi connectivity index (χ0) is 20.2. The van der Waals surface area contributed by atoms with Crippen LogP contribution in [-0.4, -0.2) is 16.2 Å². The van der Waals surface area contributed by atoms with E-state index in [0.29, 0.717) is 11.3 Å². The molecule has 0 saturated carbocycles. The Labute approximate surface area is 168 Å². The Kier molecular flexibility index (Phi) is 5.27. The normalized spacial score (nSPS) is 10.8. The topological polar surface area (TPSA) is 66.8 Å². The Hall–Kier alpha value is -3.63. The Morgan fingerprint density at radius 1 is 0.793 bits per heavy atom. The highest BCUT2D eigenvalue weighted by Crippen LogP contribution is 2.42. The number of aliphatic hydroxyl groups excluding tert-OH is 1. The summed E-state index contributed by atoms with van der Waals surface area (Å²) in [6.07, 6.45) is 0. The molecule has 0 fully saturated rings. The first-order valence-electron chi connectivity index (χ1n) is 9.34. The molecule has 0 aromatic heterocycles. The zero-order valence-electron chi connectivity index (χ0n) is 15.7. The molecule has 0 aliphatic carbocycles. The third-order valence-corrected chi connectivity index (χ3v) is 4.93. The van der Waals surface area contributed by atoms with Crippen molar-refractivity contribution in [2.75, 3.05) is 0 Å². The van der Waals surface area contributed by atoms with Crippen LogP contribution < -0.4 is 4.74 Å². The van der Waals surface area contributed by atoms with Gasteiger partial charge >= 0.3 is 5.97 Å². The molecule has 29 heavy (non-hydrogen) atoms. The fourth-order valence-corrected chi connectivity index (χ4v) is 3.65. The molecule has 4 heteroatoms. The number of hydrogen-bond acceptors (Lipinski definition) is 3. The Morgan fingerprint density at radius 3 is 2.00 bits per heavy atom. The van der Waals surface area contributed by atoms with E-state index in [1.165, 1.54) is 0 Å². The molecule has 0 atom stereocenters. The van der Waals surface area contributed by atoms with E-state index in [1.807, 2.05) is 84.9 Å². The average molecular weight is 384 g/mol. The zero-order valence-corrected chi connectivity index (χ0v) is 15.7. The van der Waals surface area contributed by atoms with Crippen molar-refractivity contribution in [1.82, 2.24) is 0 Å².